The minimum Gasteiger partial charge on any atom is -0.293 e. The van der Waals surface area contributed by atoms with E-state index >= 15 is 0 Å². The molecule has 5 aliphatic carbocycles. The van der Waals surface area contributed by atoms with Gasteiger partial charge < -0.3 is 0 Å². The van der Waals surface area contributed by atoms with Crippen LogP contribution in [0.2, 0.25) is 0 Å². The molecule has 190 valence electrons. The number of hydrogen-bond acceptors (Lipinski definition) is 4. The quantitative estimate of drug-likeness (QED) is 0.424. The average molecular weight is 501 g/mol. The van der Waals surface area contributed by atoms with Gasteiger partial charge in [-0.25, -0.2) is 0 Å². The van der Waals surface area contributed by atoms with E-state index in [1.807, 2.05) is 12.1 Å². The fourth-order valence-corrected chi connectivity index (χ4v) is 10.2. The molecule has 7 aliphatic rings. The molecular formula is C31H40N4S. The molecule has 0 amide bonds. The second-order valence-corrected chi connectivity index (χ2v) is 13.5. The molecule has 4 nitrogen and oxygen atoms in total. The van der Waals surface area contributed by atoms with Crippen molar-refractivity contribution in [3.8, 4) is 6.07 Å². The van der Waals surface area contributed by atoms with Crippen LogP contribution in [0.4, 0.5) is 5.69 Å². The van der Waals surface area contributed by atoms with Gasteiger partial charge in [0.1, 0.15) is 5.84 Å². The number of benzene rings is 1. The Morgan fingerprint density at radius 3 is 2.00 bits per heavy atom. The zero-order valence-electron chi connectivity index (χ0n) is 21.6. The van der Waals surface area contributed by atoms with E-state index in [2.05, 4.69) is 28.0 Å². The number of likely N-dealkylation sites (tertiary alicyclic amines) is 1. The summed E-state index contributed by atoms with van der Waals surface area (Å²) in [7, 11) is 0. The number of nitriles is 1. The molecule has 1 aromatic carbocycles. The average Bonchev–Trinajstić information content (AvgIpc) is 3.10. The molecule has 5 heteroatoms. The Labute approximate surface area is 222 Å². The Hall–Kier alpha value is -1.77. The Bertz CT molecular complexity index is 1050. The molecule has 0 unspecified atom stereocenters. The zero-order chi connectivity index (χ0) is 24.3. The number of piperidine rings is 1. The van der Waals surface area contributed by atoms with Crippen LogP contribution >= 0.6 is 12.2 Å². The highest BCUT2D eigenvalue weighted by atomic mass is 32.1. The van der Waals surface area contributed by atoms with E-state index in [1.165, 1.54) is 109 Å². The van der Waals surface area contributed by atoms with Gasteiger partial charge >= 0.3 is 0 Å². The number of amidine groups is 1. The predicted molar refractivity (Wildman–Crippen MR) is 149 cm³/mol. The molecule has 0 N–H and O–H groups in total. The van der Waals surface area contributed by atoms with E-state index in [0.29, 0.717) is 11.6 Å². The van der Waals surface area contributed by atoms with Crippen LogP contribution in [0.1, 0.15) is 95.5 Å². The summed E-state index contributed by atoms with van der Waals surface area (Å²) >= 11 is 6.50. The minimum atomic E-state index is 0.0277. The van der Waals surface area contributed by atoms with Crippen molar-refractivity contribution in [1.29, 1.82) is 5.26 Å². The van der Waals surface area contributed by atoms with Crippen LogP contribution in [0, 0.1) is 34.5 Å². The lowest BCUT2D eigenvalue weighted by atomic mass is 9.53. The van der Waals surface area contributed by atoms with E-state index in [9.17, 15) is 5.26 Å². The van der Waals surface area contributed by atoms with Gasteiger partial charge in [-0.2, -0.15) is 5.26 Å². The molecule has 2 saturated heterocycles. The molecule has 1 aromatic rings. The lowest BCUT2D eigenvalue weighted by molar-refractivity contribution is 0.000981. The van der Waals surface area contributed by atoms with Crippen molar-refractivity contribution in [2.75, 3.05) is 18.0 Å². The summed E-state index contributed by atoms with van der Waals surface area (Å²) in [6.45, 7) is 2.35. The highest BCUT2D eigenvalue weighted by Crippen LogP contribution is 2.58. The fraction of sp³-hybridized carbons (Fsp3) is 0.710. The first kappa shape index (κ1) is 23.4. The number of thiocarbonyl (C=S) groups is 1. The van der Waals surface area contributed by atoms with E-state index in [0.717, 1.165) is 28.4 Å². The topological polar surface area (TPSA) is 42.6 Å². The Morgan fingerprint density at radius 2 is 1.42 bits per heavy atom. The maximum atomic E-state index is 9.43. The number of anilines is 1. The van der Waals surface area contributed by atoms with Crippen molar-refractivity contribution in [2.45, 2.75) is 101 Å². The summed E-state index contributed by atoms with van der Waals surface area (Å²) in [4.78, 5) is 12.3. The summed E-state index contributed by atoms with van der Waals surface area (Å²) in [6.07, 6.45) is 18.4. The fourth-order valence-electron chi connectivity index (χ4n) is 9.66. The maximum Gasteiger partial charge on any atom is 0.127 e. The lowest BCUT2D eigenvalue weighted by Gasteiger charge is -2.55. The van der Waals surface area contributed by atoms with Gasteiger partial charge in [-0.1, -0.05) is 37.9 Å². The molecule has 36 heavy (non-hydrogen) atoms. The van der Waals surface area contributed by atoms with Crippen molar-refractivity contribution in [3.63, 3.8) is 0 Å². The van der Waals surface area contributed by atoms with Gasteiger partial charge in [0.2, 0.25) is 0 Å². The second kappa shape index (κ2) is 8.91. The van der Waals surface area contributed by atoms with Crippen molar-refractivity contribution >= 4 is 28.7 Å². The first-order valence-electron chi connectivity index (χ1n) is 14.8. The van der Waals surface area contributed by atoms with Crippen LogP contribution in [0.15, 0.2) is 29.3 Å². The Balaban J connectivity index is 1.38. The molecule has 1 spiro atoms. The van der Waals surface area contributed by atoms with Gasteiger partial charge in [-0.15, -0.1) is 0 Å². The summed E-state index contributed by atoms with van der Waals surface area (Å²) in [5, 5.41) is 9.43. The van der Waals surface area contributed by atoms with Crippen LogP contribution in [0.3, 0.4) is 0 Å². The molecule has 2 aliphatic heterocycles. The second-order valence-electron chi connectivity index (χ2n) is 13.1. The van der Waals surface area contributed by atoms with E-state index in [4.69, 9.17) is 17.2 Å². The molecule has 8 rings (SSSR count). The minimum absolute atomic E-state index is 0.0277. The van der Waals surface area contributed by atoms with Gasteiger partial charge in [-0.3, -0.25) is 14.8 Å². The maximum absolute atomic E-state index is 9.43. The summed E-state index contributed by atoms with van der Waals surface area (Å²) in [5.74, 6) is 3.92. The standard InChI is InChI=1S/C31H40N4S/c32-21-22-7-9-26(10-8-22)35-28(33-30-18-23-15-24(19-30)17-25(16-23)20-30)27(34-13-5-2-6-14-34)31(29(35)36)11-3-1-4-12-31/h7-10,23-25,27H,1-6,11-20H2/t23?,24?,25?,27-,30?/m1/s1. The smallest absolute Gasteiger partial charge is 0.127 e. The summed E-state index contributed by atoms with van der Waals surface area (Å²) in [5.41, 5.74) is 1.98. The third-order valence-corrected chi connectivity index (χ3v) is 11.3. The third kappa shape index (κ3) is 3.70. The molecule has 5 saturated carbocycles. The van der Waals surface area contributed by atoms with Crippen LogP contribution in [-0.2, 0) is 0 Å². The van der Waals surface area contributed by atoms with Crippen molar-refractivity contribution < 1.29 is 0 Å². The number of nitrogens with zero attached hydrogens (tertiary/aromatic N) is 4. The SMILES string of the molecule is N#Cc1ccc(N2C(=S)C3(CCCCC3)[C@H](N3CCCCC3)C2=NC23CC4CC(CC(C4)C2)C3)cc1. The van der Waals surface area contributed by atoms with Crippen LogP contribution in [0.5, 0.6) is 0 Å². The van der Waals surface area contributed by atoms with E-state index in [1.54, 1.807) is 0 Å². The number of aliphatic imine (C=N–C) groups is 1. The van der Waals surface area contributed by atoms with Crippen molar-refractivity contribution in [1.82, 2.24) is 4.90 Å². The largest absolute Gasteiger partial charge is 0.293 e. The van der Waals surface area contributed by atoms with E-state index in [-0.39, 0.29) is 11.0 Å². The molecule has 2 heterocycles. The van der Waals surface area contributed by atoms with E-state index < -0.39 is 0 Å². The van der Waals surface area contributed by atoms with Crippen LogP contribution in [-0.4, -0.2) is 40.4 Å². The zero-order valence-corrected chi connectivity index (χ0v) is 22.4. The van der Waals surface area contributed by atoms with Gasteiger partial charge in [0.25, 0.3) is 0 Å². The molecule has 4 bridgehead atoms. The van der Waals surface area contributed by atoms with Gasteiger partial charge in [0, 0.05) is 11.1 Å². The van der Waals surface area contributed by atoms with Crippen LogP contribution in [0.25, 0.3) is 0 Å². The number of rotatable bonds is 3. The Kier molecular flexibility index (Phi) is 5.78. The molecule has 0 aromatic heterocycles. The molecule has 7 fully saturated rings. The summed E-state index contributed by atoms with van der Waals surface area (Å²) in [6, 6.07) is 10.8. The van der Waals surface area contributed by atoms with Gasteiger partial charge in [0.15, 0.2) is 0 Å². The molecule has 0 radical (unpaired) electrons. The van der Waals surface area contributed by atoms with Crippen LogP contribution < -0.4 is 4.90 Å². The third-order valence-electron chi connectivity index (χ3n) is 10.7. The van der Waals surface area contributed by atoms with Gasteiger partial charge in [-0.05, 0) is 119 Å². The summed E-state index contributed by atoms with van der Waals surface area (Å²) < 4.78 is 0. The highest BCUT2D eigenvalue weighted by molar-refractivity contribution is 7.80. The first-order valence-corrected chi connectivity index (χ1v) is 15.2. The lowest BCUT2D eigenvalue weighted by Crippen LogP contribution is -2.54. The Morgan fingerprint density at radius 1 is 0.833 bits per heavy atom. The van der Waals surface area contributed by atoms with Crippen molar-refractivity contribution in [3.05, 3.63) is 29.8 Å². The molecule has 1 atom stereocenters. The predicted octanol–water partition coefficient (Wildman–Crippen LogP) is 6.88. The normalized spacial score (nSPS) is 38.7. The first-order chi connectivity index (χ1) is 17.6. The monoisotopic (exact) mass is 500 g/mol. The molecular weight excluding hydrogens is 460 g/mol. The van der Waals surface area contributed by atoms with Crippen molar-refractivity contribution in [2.24, 2.45) is 28.2 Å². The van der Waals surface area contributed by atoms with Gasteiger partial charge in [0.05, 0.1) is 28.2 Å². The highest BCUT2D eigenvalue weighted by Gasteiger charge is 2.59. The number of hydrogen-bond donors (Lipinski definition) is 0.